The zero-order chi connectivity index (χ0) is 13.4. The molecule has 2 aliphatic rings. The van der Waals surface area contributed by atoms with Crippen LogP contribution < -0.4 is 4.90 Å². The van der Waals surface area contributed by atoms with Crippen molar-refractivity contribution >= 4 is 5.69 Å². The van der Waals surface area contributed by atoms with E-state index in [9.17, 15) is 5.11 Å². The van der Waals surface area contributed by atoms with Gasteiger partial charge in [-0.15, -0.1) is 5.06 Å². The molecule has 1 aromatic rings. The van der Waals surface area contributed by atoms with Gasteiger partial charge in [-0.3, -0.25) is 4.84 Å². The molecule has 1 saturated carbocycles. The van der Waals surface area contributed by atoms with E-state index < -0.39 is 0 Å². The van der Waals surface area contributed by atoms with Gasteiger partial charge in [0.25, 0.3) is 0 Å². The second-order valence-corrected chi connectivity index (χ2v) is 5.77. The zero-order valence-electron chi connectivity index (χ0n) is 11.6. The Morgan fingerprint density at radius 1 is 1.11 bits per heavy atom. The minimum Gasteiger partial charge on any atom is -0.393 e. The molecule has 0 aromatic heterocycles. The summed E-state index contributed by atoms with van der Waals surface area (Å²) in [6.45, 7) is 0. The van der Waals surface area contributed by atoms with E-state index in [1.54, 1.807) is 0 Å². The Morgan fingerprint density at radius 3 is 2.32 bits per heavy atom. The number of hydroxylamine groups is 2. The van der Waals surface area contributed by atoms with Crippen LogP contribution in [0.3, 0.4) is 0 Å². The smallest absolute Gasteiger partial charge is 0.180 e. The molecule has 1 N–H and O–H groups in total. The molecule has 0 amide bonds. The molecule has 1 aromatic carbocycles. The lowest BCUT2D eigenvalue weighted by Gasteiger charge is -2.24. The SMILES string of the molecule is CN(C)c1ccc([C@H]2ON2C2CCC(O)CC2)cc1. The van der Waals surface area contributed by atoms with E-state index >= 15 is 0 Å². The molecule has 4 nitrogen and oxygen atoms in total. The van der Waals surface area contributed by atoms with E-state index in [0.717, 1.165) is 25.7 Å². The molecule has 1 saturated heterocycles. The summed E-state index contributed by atoms with van der Waals surface area (Å²) in [7, 11) is 4.09. The Balaban J connectivity index is 1.60. The molecule has 104 valence electrons. The van der Waals surface area contributed by atoms with E-state index in [4.69, 9.17) is 4.84 Å². The Morgan fingerprint density at radius 2 is 1.74 bits per heavy atom. The monoisotopic (exact) mass is 262 g/mol. The number of nitrogens with zero attached hydrogens (tertiary/aromatic N) is 2. The molecule has 0 spiro atoms. The quantitative estimate of drug-likeness (QED) is 0.848. The van der Waals surface area contributed by atoms with Gasteiger partial charge in [0.15, 0.2) is 6.23 Å². The number of anilines is 1. The van der Waals surface area contributed by atoms with E-state index in [1.165, 1.54) is 11.3 Å². The average molecular weight is 262 g/mol. The van der Waals surface area contributed by atoms with Crippen molar-refractivity contribution in [3.05, 3.63) is 29.8 Å². The van der Waals surface area contributed by atoms with Crippen molar-refractivity contribution in [3.8, 4) is 0 Å². The third-order valence-corrected chi connectivity index (χ3v) is 4.13. The summed E-state index contributed by atoms with van der Waals surface area (Å²) in [5.74, 6) is 0. The molecule has 0 bridgehead atoms. The number of hydrogen-bond donors (Lipinski definition) is 1. The Labute approximate surface area is 114 Å². The van der Waals surface area contributed by atoms with Crippen LogP contribution in [0.5, 0.6) is 0 Å². The fraction of sp³-hybridized carbons (Fsp3) is 0.600. The summed E-state index contributed by atoms with van der Waals surface area (Å²) in [6, 6.07) is 9.00. The lowest BCUT2D eigenvalue weighted by atomic mass is 9.93. The van der Waals surface area contributed by atoms with Crippen LogP contribution in [0, 0.1) is 0 Å². The van der Waals surface area contributed by atoms with Crippen LogP contribution in [-0.2, 0) is 4.84 Å². The van der Waals surface area contributed by atoms with Crippen LogP contribution in [0.15, 0.2) is 24.3 Å². The molecule has 2 fully saturated rings. The summed E-state index contributed by atoms with van der Waals surface area (Å²) < 4.78 is 0. The van der Waals surface area contributed by atoms with Crippen LogP contribution >= 0.6 is 0 Å². The molecule has 1 aliphatic heterocycles. The molecule has 19 heavy (non-hydrogen) atoms. The Hall–Kier alpha value is -1.10. The Kier molecular flexibility index (Phi) is 3.48. The molecule has 2 atom stereocenters. The minimum atomic E-state index is -0.103. The van der Waals surface area contributed by atoms with Crippen molar-refractivity contribution in [1.29, 1.82) is 0 Å². The predicted octanol–water partition coefficient (Wildman–Crippen LogP) is 2.30. The van der Waals surface area contributed by atoms with Crippen LogP contribution in [-0.4, -0.2) is 36.4 Å². The van der Waals surface area contributed by atoms with Crippen molar-refractivity contribution < 1.29 is 9.94 Å². The van der Waals surface area contributed by atoms with Gasteiger partial charge in [-0.2, -0.15) is 0 Å². The first kappa shape index (κ1) is 12.9. The van der Waals surface area contributed by atoms with Gasteiger partial charge >= 0.3 is 0 Å². The third-order valence-electron chi connectivity index (χ3n) is 4.13. The first-order valence-corrected chi connectivity index (χ1v) is 7.05. The van der Waals surface area contributed by atoms with Gasteiger partial charge in [0.2, 0.25) is 0 Å². The first-order chi connectivity index (χ1) is 9.15. The highest BCUT2D eigenvalue weighted by molar-refractivity contribution is 5.46. The number of aliphatic hydroxyl groups excluding tert-OH is 1. The summed E-state index contributed by atoms with van der Waals surface area (Å²) in [6.07, 6.45) is 3.89. The third kappa shape index (κ3) is 2.76. The molecule has 3 rings (SSSR count). The van der Waals surface area contributed by atoms with Crippen molar-refractivity contribution in [1.82, 2.24) is 5.06 Å². The standard InChI is InChI=1S/C15H22N2O2/c1-16(2)12-5-3-11(4-6-12)15-17(19-15)13-7-9-14(18)10-8-13/h3-6,13-15,18H,7-10H2,1-2H3/t13?,14?,15-,17?/m1/s1. The van der Waals surface area contributed by atoms with Crippen molar-refractivity contribution in [2.24, 2.45) is 0 Å². The normalized spacial score (nSPS) is 34.1. The number of aliphatic hydroxyl groups is 1. The zero-order valence-corrected chi connectivity index (χ0v) is 11.6. The summed E-state index contributed by atoms with van der Waals surface area (Å²) >= 11 is 0. The van der Waals surface area contributed by atoms with E-state index in [0.29, 0.717) is 6.04 Å². The van der Waals surface area contributed by atoms with Crippen molar-refractivity contribution in [2.45, 2.75) is 44.1 Å². The molecule has 0 radical (unpaired) electrons. The lowest BCUT2D eigenvalue weighted by Crippen LogP contribution is -2.27. The van der Waals surface area contributed by atoms with Gasteiger partial charge in [0, 0.05) is 25.8 Å². The first-order valence-electron chi connectivity index (χ1n) is 7.05. The van der Waals surface area contributed by atoms with Gasteiger partial charge in [0.05, 0.1) is 6.10 Å². The summed E-state index contributed by atoms with van der Waals surface area (Å²) in [5.41, 5.74) is 2.42. The van der Waals surface area contributed by atoms with Crippen LogP contribution in [0.4, 0.5) is 5.69 Å². The van der Waals surface area contributed by atoms with Crippen molar-refractivity contribution in [3.63, 3.8) is 0 Å². The van der Waals surface area contributed by atoms with Gasteiger partial charge < -0.3 is 10.0 Å². The lowest BCUT2D eigenvalue weighted by molar-refractivity contribution is 0.0625. The highest BCUT2D eigenvalue weighted by Crippen LogP contribution is 2.43. The van der Waals surface area contributed by atoms with Gasteiger partial charge in [0.1, 0.15) is 0 Å². The predicted molar refractivity (Wildman–Crippen MR) is 74.7 cm³/mol. The fourth-order valence-electron chi connectivity index (χ4n) is 2.82. The molecule has 4 heteroatoms. The molecular formula is C15H22N2O2. The van der Waals surface area contributed by atoms with Crippen molar-refractivity contribution in [2.75, 3.05) is 19.0 Å². The van der Waals surface area contributed by atoms with E-state index in [2.05, 4.69) is 34.2 Å². The maximum absolute atomic E-state index is 9.53. The van der Waals surface area contributed by atoms with Crippen LogP contribution in [0.1, 0.15) is 37.5 Å². The summed E-state index contributed by atoms with van der Waals surface area (Å²) in [5, 5.41) is 11.6. The minimum absolute atomic E-state index is 0.103. The molecular weight excluding hydrogens is 240 g/mol. The number of benzene rings is 1. The number of hydrogen-bond acceptors (Lipinski definition) is 4. The highest BCUT2D eigenvalue weighted by Gasteiger charge is 2.44. The van der Waals surface area contributed by atoms with E-state index in [1.807, 2.05) is 14.1 Å². The highest BCUT2D eigenvalue weighted by atomic mass is 16.8. The van der Waals surface area contributed by atoms with Gasteiger partial charge in [-0.25, -0.2) is 0 Å². The molecule has 1 aliphatic carbocycles. The maximum atomic E-state index is 9.53. The maximum Gasteiger partial charge on any atom is 0.180 e. The molecule has 1 unspecified atom stereocenters. The van der Waals surface area contributed by atoms with Crippen LogP contribution in [0.2, 0.25) is 0 Å². The Bertz CT molecular complexity index is 424. The van der Waals surface area contributed by atoms with E-state index in [-0.39, 0.29) is 12.3 Å². The molecule has 1 heterocycles. The topological polar surface area (TPSA) is 39.0 Å². The average Bonchev–Trinajstić information content (AvgIpc) is 3.20. The van der Waals surface area contributed by atoms with Crippen LogP contribution in [0.25, 0.3) is 0 Å². The summed E-state index contributed by atoms with van der Waals surface area (Å²) in [4.78, 5) is 7.81. The second kappa shape index (κ2) is 5.12. The second-order valence-electron chi connectivity index (χ2n) is 5.77. The fourth-order valence-corrected chi connectivity index (χ4v) is 2.82. The number of rotatable bonds is 3. The van der Waals surface area contributed by atoms with Gasteiger partial charge in [-0.05, 0) is 43.4 Å². The largest absolute Gasteiger partial charge is 0.393 e. The van der Waals surface area contributed by atoms with Gasteiger partial charge in [-0.1, -0.05) is 12.1 Å².